The summed E-state index contributed by atoms with van der Waals surface area (Å²) >= 11 is 0. The summed E-state index contributed by atoms with van der Waals surface area (Å²) in [5.41, 5.74) is 4.03. The number of phenolic OH excluding ortho intramolecular Hbond substituents is 1. The molecule has 0 aromatic heterocycles. The van der Waals surface area contributed by atoms with Gasteiger partial charge in [0.1, 0.15) is 5.75 Å². The van der Waals surface area contributed by atoms with Gasteiger partial charge >= 0.3 is 0 Å². The zero-order valence-corrected chi connectivity index (χ0v) is 13.3. The second-order valence-electron chi connectivity index (χ2n) is 5.66. The Morgan fingerprint density at radius 2 is 1.54 bits per heavy atom. The Hall–Kier alpha value is -3.07. The van der Waals surface area contributed by atoms with Gasteiger partial charge in [0.25, 0.3) is 0 Å². The Morgan fingerprint density at radius 1 is 0.833 bits per heavy atom. The van der Waals surface area contributed by atoms with Crippen LogP contribution in [0.25, 0.3) is 11.1 Å². The van der Waals surface area contributed by atoms with Gasteiger partial charge in [0, 0.05) is 12.1 Å². The van der Waals surface area contributed by atoms with Gasteiger partial charge in [-0.05, 0) is 47.4 Å². The smallest absolute Gasteiger partial charge is 0.224 e. The fourth-order valence-corrected chi connectivity index (χ4v) is 2.55. The minimum absolute atomic E-state index is 0.0201. The van der Waals surface area contributed by atoms with Gasteiger partial charge in [-0.2, -0.15) is 0 Å². The van der Waals surface area contributed by atoms with Crippen molar-refractivity contribution in [1.82, 2.24) is 0 Å². The lowest BCUT2D eigenvalue weighted by Gasteiger charge is -2.08. The van der Waals surface area contributed by atoms with Crippen LogP contribution >= 0.6 is 0 Å². The number of benzene rings is 3. The number of aryl methyl sites for hydroxylation is 1. The molecule has 0 spiro atoms. The first-order chi connectivity index (χ1) is 11.7. The van der Waals surface area contributed by atoms with Crippen LogP contribution in [0, 0.1) is 0 Å². The number of carbonyl (C=O) groups is 1. The van der Waals surface area contributed by atoms with Gasteiger partial charge in [-0.3, -0.25) is 4.79 Å². The molecule has 0 aliphatic heterocycles. The first-order valence-corrected chi connectivity index (χ1v) is 7.94. The molecule has 1 amide bonds. The van der Waals surface area contributed by atoms with E-state index in [1.54, 1.807) is 12.1 Å². The molecule has 3 nitrogen and oxygen atoms in total. The van der Waals surface area contributed by atoms with Crippen LogP contribution in [0.15, 0.2) is 78.9 Å². The third-order valence-electron chi connectivity index (χ3n) is 3.83. The monoisotopic (exact) mass is 317 g/mol. The minimum atomic E-state index is -0.0201. The summed E-state index contributed by atoms with van der Waals surface area (Å²) in [5.74, 6) is 0.217. The lowest BCUT2D eigenvalue weighted by atomic mass is 10.1. The van der Waals surface area contributed by atoms with Crippen molar-refractivity contribution >= 4 is 11.6 Å². The van der Waals surface area contributed by atoms with Crippen LogP contribution in [-0.4, -0.2) is 11.0 Å². The van der Waals surface area contributed by atoms with E-state index in [0.717, 1.165) is 22.4 Å². The zero-order valence-electron chi connectivity index (χ0n) is 13.3. The summed E-state index contributed by atoms with van der Waals surface area (Å²) in [7, 11) is 0. The van der Waals surface area contributed by atoms with E-state index in [2.05, 4.69) is 5.32 Å². The lowest BCUT2D eigenvalue weighted by molar-refractivity contribution is -0.116. The molecule has 0 heterocycles. The van der Waals surface area contributed by atoms with Gasteiger partial charge in [-0.15, -0.1) is 0 Å². The molecule has 0 aliphatic rings. The van der Waals surface area contributed by atoms with Crippen LogP contribution in [0.2, 0.25) is 0 Å². The second kappa shape index (κ2) is 7.47. The lowest BCUT2D eigenvalue weighted by Crippen LogP contribution is -2.12. The van der Waals surface area contributed by atoms with Crippen molar-refractivity contribution in [3.8, 4) is 16.9 Å². The molecular formula is C21H19NO2. The summed E-state index contributed by atoms with van der Waals surface area (Å²) in [6.07, 6.45) is 1.05. The predicted octanol–water partition coefficient (Wildman–Crippen LogP) is 4.63. The van der Waals surface area contributed by atoms with Crippen molar-refractivity contribution in [3.05, 3.63) is 84.4 Å². The van der Waals surface area contributed by atoms with E-state index < -0.39 is 0 Å². The first-order valence-electron chi connectivity index (χ1n) is 7.94. The number of nitrogens with one attached hydrogen (secondary N) is 1. The van der Waals surface area contributed by atoms with Crippen molar-refractivity contribution in [3.63, 3.8) is 0 Å². The highest BCUT2D eigenvalue weighted by molar-refractivity contribution is 5.91. The molecule has 3 aromatic rings. The largest absolute Gasteiger partial charge is 0.508 e. The van der Waals surface area contributed by atoms with Crippen molar-refractivity contribution in [2.75, 3.05) is 5.32 Å². The number of phenols is 1. The summed E-state index contributed by atoms with van der Waals surface area (Å²) in [6, 6.07) is 24.9. The fourth-order valence-electron chi connectivity index (χ4n) is 2.55. The number of rotatable bonds is 5. The molecular weight excluding hydrogens is 298 g/mol. The van der Waals surface area contributed by atoms with E-state index in [1.807, 2.05) is 66.7 Å². The van der Waals surface area contributed by atoms with Crippen LogP contribution in [0.5, 0.6) is 5.75 Å². The van der Waals surface area contributed by atoms with E-state index in [9.17, 15) is 9.90 Å². The van der Waals surface area contributed by atoms with Crippen LogP contribution in [0.3, 0.4) is 0 Å². The van der Waals surface area contributed by atoms with Crippen molar-refractivity contribution in [2.24, 2.45) is 0 Å². The third kappa shape index (κ3) is 4.23. The van der Waals surface area contributed by atoms with E-state index in [0.29, 0.717) is 12.8 Å². The quantitative estimate of drug-likeness (QED) is 0.721. The number of aromatic hydroxyl groups is 1. The van der Waals surface area contributed by atoms with E-state index in [4.69, 9.17) is 0 Å². The second-order valence-corrected chi connectivity index (χ2v) is 5.66. The van der Waals surface area contributed by atoms with Crippen molar-refractivity contribution in [2.45, 2.75) is 12.8 Å². The standard InChI is InChI=1S/C21H19NO2/c23-20-12-9-16(10-13-20)11-14-21(24)22-19-8-4-7-18(15-19)17-5-2-1-3-6-17/h1-10,12-13,15,23H,11,14H2,(H,22,24). The van der Waals surface area contributed by atoms with Gasteiger partial charge in [-0.1, -0.05) is 54.6 Å². The fraction of sp³-hybridized carbons (Fsp3) is 0.0952. The third-order valence-corrected chi connectivity index (χ3v) is 3.83. The molecule has 0 unspecified atom stereocenters. The molecule has 120 valence electrons. The average molecular weight is 317 g/mol. The zero-order chi connectivity index (χ0) is 16.8. The van der Waals surface area contributed by atoms with Gasteiger partial charge in [0.15, 0.2) is 0 Å². The topological polar surface area (TPSA) is 49.3 Å². The normalized spacial score (nSPS) is 10.3. The van der Waals surface area contributed by atoms with Crippen LogP contribution < -0.4 is 5.32 Å². The van der Waals surface area contributed by atoms with E-state index in [1.165, 1.54) is 0 Å². The summed E-state index contributed by atoms with van der Waals surface area (Å²) < 4.78 is 0. The Balaban J connectivity index is 1.61. The van der Waals surface area contributed by atoms with Gasteiger partial charge < -0.3 is 10.4 Å². The maximum absolute atomic E-state index is 12.1. The molecule has 0 fully saturated rings. The molecule has 0 radical (unpaired) electrons. The number of amides is 1. The van der Waals surface area contributed by atoms with Gasteiger partial charge in [0.05, 0.1) is 0 Å². The van der Waals surface area contributed by atoms with E-state index >= 15 is 0 Å². The summed E-state index contributed by atoms with van der Waals surface area (Å²) in [6.45, 7) is 0. The summed E-state index contributed by atoms with van der Waals surface area (Å²) in [5, 5.41) is 12.2. The predicted molar refractivity (Wildman–Crippen MR) is 96.9 cm³/mol. The van der Waals surface area contributed by atoms with Crippen LogP contribution in [0.1, 0.15) is 12.0 Å². The maximum atomic E-state index is 12.1. The van der Waals surface area contributed by atoms with Crippen LogP contribution in [-0.2, 0) is 11.2 Å². The molecule has 0 aliphatic carbocycles. The highest BCUT2D eigenvalue weighted by Crippen LogP contribution is 2.22. The molecule has 2 N–H and O–H groups in total. The Labute approximate surface area is 141 Å². The highest BCUT2D eigenvalue weighted by atomic mass is 16.3. The molecule has 3 rings (SSSR count). The number of hydrogen-bond acceptors (Lipinski definition) is 2. The maximum Gasteiger partial charge on any atom is 0.224 e. The highest BCUT2D eigenvalue weighted by Gasteiger charge is 2.05. The Morgan fingerprint density at radius 3 is 2.29 bits per heavy atom. The molecule has 0 bridgehead atoms. The summed E-state index contributed by atoms with van der Waals surface area (Å²) in [4.78, 5) is 12.1. The first kappa shape index (κ1) is 15.8. The van der Waals surface area contributed by atoms with Gasteiger partial charge in [0.2, 0.25) is 5.91 Å². The molecule has 0 saturated carbocycles. The Kier molecular flexibility index (Phi) is 4.92. The molecule has 0 atom stereocenters. The van der Waals surface area contributed by atoms with Crippen molar-refractivity contribution in [1.29, 1.82) is 0 Å². The number of hydrogen-bond donors (Lipinski definition) is 2. The minimum Gasteiger partial charge on any atom is -0.508 e. The van der Waals surface area contributed by atoms with Crippen LogP contribution in [0.4, 0.5) is 5.69 Å². The van der Waals surface area contributed by atoms with E-state index in [-0.39, 0.29) is 11.7 Å². The number of carbonyl (C=O) groups excluding carboxylic acids is 1. The van der Waals surface area contributed by atoms with Crippen molar-refractivity contribution < 1.29 is 9.90 Å². The SMILES string of the molecule is O=C(CCc1ccc(O)cc1)Nc1cccc(-c2ccccc2)c1. The molecule has 3 aromatic carbocycles. The molecule has 24 heavy (non-hydrogen) atoms. The van der Waals surface area contributed by atoms with Gasteiger partial charge in [-0.25, -0.2) is 0 Å². The molecule has 0 saturated heterocycles. The Bertz CT molecular complexity index is 811. The number of anilines is 1. The average Bonchev–Trinajstić information content (AvgIpc) is 2.62. The molecule has 3 heteroatoms.